The van der Waals surface area contributed by atoms with Gasteiger partial charge >= 0.3 is 0 Å². The molecule has 3 heterocycles. The van der Waals surface area contributed by atoms with Crippen LogP contribution in [0, 0.1) is 0 Å². The molecule has 2 aliphatic heterocycles. The van der Waals surface area contributed by atoms with Crippen molar-refractivity contribution in [3.63, 3.8) is 0 Å². The summed E-state index contributed by atoms with van der Waals surface area (Å²) in [6.07, 6.45) is 7.37. The lowest BCUT2D eigenvalue weighted by Crippen LogP contribution is -2.50. The molecule has 6 nitrogen and oxygen atoms in total. The van der Waals surface area contributed by atoms with Crippen molar-refractivity contribution in [1.82, 2.24) is 19.6 Å². The lowest BCUT2D eigenvalue weighted by atomic mass is 10.1. The second-order valence-corrected chi connectivity index (χ2v) is 7.66. The van der Waals surface area contributed by atoms with Gasteiger partial charge in [-0.2, -0.15) is 5.10 Å². The minimum absolute atomic E-state index is 0.0636. The molecule has 0 spiro atoms. The Hall–Kier alpha value is -1.24. The smallest absolute Gasteiger partial charge is 0.267 e. The zero-order valence-corrected chi connectivity index (χ0v) is 15.2. The van der Waals surface area contributed by atoms with Gasteiger partial charge in [-0.1, -0.05) is 0 Å². The van der Waals surface area contributed by atoms with Crippen LogP contribution in [0.25, 0.3) is 0 Å². The van der Waals surface area contributed by atoms with Crippen LogP contribution in [0.3, 0.4) is 0 Å². The first-order chi connectivity index (χ1) is 12.3. The van der Waals surface area contributed by atoms with Crippen LogP contribution in [0.2, 0.25) is 0 Å². The van der Waals surface area contributed by atoms with Gasteiger partial charge in [0, 0.05) is 51.9 Å². The van der Waals surface area contributed by atoms with Crippen LogP contribution in [-0.4, -0.2) is 71.6 Å². The van der Waals surface area contributed by atoms with Crippen molar-refractivity contribution in [3.8, 4) is 0 Å². The van der Waals surface area contributed by atoms with Crippen LogP contribution in [0.5, 0.6) is 0 Å². The largest absolute Gasteiger partial charge is 0.377 e. The molecular weight excluding hydrogens is 316 g/mol. The van der Waals surface area contributed by atoms with Gasteiger partial charge in [0.2, 0.25) is 0 Å². The van der Waals surface area contributed by atoms with E-state index >= 15 is 0 Å². The van der Waals surface area contributed by atoms with E-state index in [0.29, 0.717) is 12.6 Å². The molecule has 1 atom stereocenters. The summed E-state index contributed by atoms with van der Waals surface area (Å²) in [6, 6.07) is 1.80. The SMILES string of the molecule is O=c1cc2c(nn1CCN1CCN(CC3CCCCO3)CC1)CCC2. The molecule has 0 bridgehead atoms. The van der Waals surface area contributed by atoms with E-state index in [0.717, 1.165) is 70.8 Å². The number of piperazine rings is 1. The second kappa shape index (κ2) is 7.98. The monoisotopic (exact) mass is 346 g/mol. The van der Waals surface area contributed by atoms with Crippen molar-refractivity contribution in [2.45, 2.75) is 51.2 Å². The minimum atomic E-state index is 0.0636. The molecule has 3 aliphatic rings. The summed E-state index contributed by atoms with van der Waals surface area (Å²) in [4.78, 5) is 17.2. The maximum Gasteiger partial charge on any atom is 0.267 e. The Morgan fingerprint density at radius 1 is 1.04 bits per heavy atom. The van der Waals surface area contributed by atoms with Gasteiger partial charge in [0.25, 0.3) is 5.56 Å². The van der Waals surface area contributed by atoms with Gasteiger partial charge in [-0.25, -0.2) is 4.68 Å². The number of hydrogen-bond donors (Lipinski definition) is 0. The molecule has 138 valence electrons. The molecule has 0 aromatic carbocycles. The van der Waals surface area contributed by atoms with Gasteiger partial charge in [0.15, 0.2) is 0 Å². The lowest BCUT2D eigenvalue weighted by molar-refractivity contribution is -0.0142. The molecular formula is C19H30N4O2. The Balaban J connectivity index is 1.23. The van der Waals surface area contributed by atoms with Crippen molar-refractivity contribution in [2.24, 2.45) is 0 Å². The van der Waals surface area contributed by atoms with Crippen molar-refractivity contribution >= 4 is 0 Å². The number of aryl methyl sites for hydroxylation is 2. The lowest BCUT2D eigenvalue weighted by Gasteiger charge is -2.37. The molecule has 0 saturated carbocycles. The Kier molecular flexibility index (Phi) is 5.48. The fourth-order valence-electron chi connectivity index (χ4n) is 4.27. The van der Waals surface area contributed by atoms with E-state index in [9.17, 15) is 4.79 Å². The minimum Gasteiger partial charge on any atom is -0.377 e. The first kappa shape index (κ1) is 17.2. The van der Waals surface area contributed by atoms with Gasteiger partial charge < -0.3 is 4.74 Å². The molecule has 6 heteroatoms. The van der Waals surface area contributed by atoms with Crippen LogP contribution >= 0.6 is 0 Å². The summed E-state index contributed by atoms with van der Waals surface area (Å²) < 4.78 is 7.53. The highest BCUT2D eigenvalue weighted by Crippen LogP contribution is 2.17. The van der Waals surface area contributed by atoms with Gasteiger partial charge in [0.05, 0.1) is 18.3 Å². The van der Waals surface area contributed by atoms with Crippen LogP contribution < -0.4 is 5.56 Å². The van der Waals surface area contributed by atoms with E-state index in [1.807, 2.05) is 0 Å². The zero-order valence-electron chi connectivity index (χ0n) is 15.2. The summed E-state index contributed by atoms with van der Waals surface area (Å²) in [5.74, 6) is 0. The Bertz CT molecular complexity index is 631. The average Bonchev–Trinajstić information content (AvgIpc) is 3.09. The molecule has 2 saturated heterocycles. The van der Waals surface area contributed by atoms with Gasteiger partial charge in [-0.15, -0.1) is 0 Å². The fraction of sp³-hybridized carbons (Fsp3) is 0.789. The van der Waals surface area contributed by atoms with Crippen LogP contribution in [0.15, 0.2) is 10.9 Å². The van der Waals surface area contributed by atoms with Gasteiger partial charge in [0.1, 0.15) is 0 Å². The third-order valence-electron chi connectivity index (χ3n) is 5.85. The first-order valence-corrected chi connectivity index (χ1v) is 9.94. The summed E-state index contributed by atoms with van der Waals surface area (Å²) in [5.41, 5.74) is 2.37. The Labute approximate surface area is 149 Å². The van der Waals surface area contributed by atoms with Gasteiger partial charge in [-0.05, 0) is 44.1 Å². The number of ether oxygens (including phenoxy) is 1. The molecule has 0 amide bonds. The quantitative estimate of drug-likeness (QED) is 0.794. The normalized spacial score (nSPS) is 25.2. The third kappa shape index (κ3) is 4.30. The van der Waals surface area contributed by atoms with Gasteiger partial charge in [-0.3, -0.25) is 14.6 Å². The molecule has 1 aromatic rings. The number of nitrogens with zero attached hydrogens (tertiary/aromatic N) is 4. The molecule has 0 radical (unpaired) electrons. The maximum atomic E-state index is 12.2. The van der Waals surface area contributed by atoms with E-state index in [4.69, 9.17) is 4.74 Å². The van der Waals surface area contributed by atoms with E-state index in [2.05, 4.69) is 14.9 Å². The molecule has 1 aromatic heterocycles. The van der Waals surface area contributed by atoms with Crippen molar-refractivity contribution in [2.75, 3.05) is 45.9 Å². The van der Waals surface area contributed by atoms with E-state index < -0.39 is 0 Å². The molecule has 1 unspecified atom stereocenters. The third-order valence-corrected chi connectivity index (χ3v) is 5.85. The van der Waals surface area contributed by atoms with E-state index in [1.165, 1.54) is 24.8 Å². The second-order valence-electron chi connectivity index (χ2n) is 7.66. The van der Waals surface area contributed by atoms with Crippen molar-refractivity contribution in [1.29, 1.82) is 0 Å². The molecule has 25 heavy (non-hydrogen) atoms. The highest BCUT2D eigenvalue weighted by atomic mass is 16.5. The number of fused-ring (bicyclic) bond motifs is 1. The number of hydrogen-bond acceptors (Lipinski definition) is 5. The predicted molar refractivity (Wildman–Crippen MR) is 97.0 cm³/mol. The Morgan fingerprint density at radius 2 is 1.88 bits per heavy atom. The van der Waals surface area contributed by atoms with Crippen molar-refractivity contribution < 1.29 is 4.74 Å². The predicted octanol–water partition coefficient (Wildman–Crippen LogP) is 0.919. The summed E-state index contributed by atoms with van der Waals surface area (Å²) in [5, 5.41) is 4.58. The highest BCUT2D eigenvalue weighted by Gasteiger charge is 2.22. The maximum absolute atomic E-state index is 12.2. The van der Waals surface area contributed by atoms with Crippen LogP contribution in [0.4, 0.5) is 0 Å². The summed E-state index contributed by atoms with van der Waals surface area (Å²) >= 11 is 0. The zero-order chi connectivity index (χ0) is 17.1. The average molecular weight is 346 g/mol. The van der Waals surface area contributed by atoms with Crippen molar-refractivity contribution in [3.05, 3.63) is 27.7 Å². The first-order valence-electron chi connectivity index (χ1n) is 9.94. The standard InChI is InChI=1S/C19H30N4O2/c24-19-14-16-4-3-6-18(16)20-23(19)12-11-21-7-9-22(10-8-21)15-17-5-1-2-13-25-17/h14,17H,1-13,15H2. The fourth-order valence-corrected chi connectivity index (χ4v) is 4.27. The van der Waals surface area contributed by atoms with E-state index in [-0.39, 0.29) is 5.56 Å². The van der Waals surface area contributed by atoms with Crippen LogP contribution in [-0.2, 0) is 24.1 Å². The van der Waals surface area contributed by atoms with E-state index in [1.54, 1.807) is 10.7 Å². The Morgan fingerprint density at radius 3 is 2.68 bits per heavy atom. The number of aromatic nitrogens is 2. The topological polar surface area (TPSA) is 50.6 Å². The number of rotatable bonds is 5. The summed E-state index contributed by atoms with van der Waals surface area (Å²) in [7, 11) is 0. The molecule has 0 N–H and O–H groups in total. The molecule has 1 aliphatic carbocycles. The molecule has 2 fully saturated rings. The summed E-state index contributed by atoms with van der Waals surface area (Å²) in [6.45, 7) is 8.00. The van der Waals surface area contributed by atoms with Crippen LogP contribution in [0.1, 0.15) is 36.9 Å². The molecule has 4 rings (SSSR count). The highest BCUT2D eigenvalue weighted by molar-refractivity contribution is 5.22.